The van der Waals surface area contributed by atoms with E-state index in [0.717, 1.165) is 0 Å². The molecule has 0 saturated heterocycles. The molecular formula is C26H26GaNP2. The van der Waals surface area contributed by atoms with E-state index >= 15 is 0 Å². The van der Waals surface area contributed by atoms with Gasteiger partial charge >= 0.3 is 189 Å². The van der Waals surface area contributed by atoms with Crippen molar-refractivity contribution >= 4 is 53.8 Å². The van der Waals surface area contributed by atoms with Crippen molar-refractivity contribution in [2.75, 3.05) is 0 Å². The molecule has 0 fully saturated rings. The van der Waals surface area contributed by atoms with Gasteiger partial charge in [-0.05, 0) is 0 Å². The SMILES string of the molecule is [CH3][Ga]([CH3])[N](P(c1ccccc1)c1ccccc1)P(c1ccccc1)c1ccccc1. The van der Waals surface area contributed by atoms with E-state index < -0.39 is 32.6 Å². The predicted molar refractivity (Wildman–Crippen MR) is 137 cm³/mol. The summed E-state index contributed by atoms with van der Waals surface area (Å²) < 4.78 is 2.97. The first-order valence-corrected chi connectivity index (χ1v) is 18.9. The Balaban J connectivity index is 1.92. The van der Waals surface area contributed by atoms with Crippen molar-refractivity contribution in [3.63, 3.8) is 0 Å². The average molecular weight is 484 g/mol. The second-order valence-corrected chi connectivity index (χ2v) is 19.4. The molecule has 0 heterocycles. The minimum absolute atomic E-state index is 0.595. The second-order valence-electron chi connectivity index (χ2n) is 7.38. The van der Waals surface area contributed by atoms with Gasteiger partial charge in [-0.25, -0.2) is 0 Å². The summed E-state index contributed by atoms with van der Waals surface area (Å²) in [5.41, 5.74) is 5.05. The van der Waals surface area contributed by atoms with E-state index in [-0.39, 0.29) is 0 Å². The van der Waals surface area contributed by atoms with Gasteiger partial charge in [0.1, 0.15) is 0 Å². The summed E-state index contributed by atoms with van der Waals surface area (Å²) in [6.07, 6.45) is 0. The van der Waals surface area contributed by atoms with Gasteiger partial charge in [-0.2, -0.15) is 0 Å². The molecule has 148 valence electrons. The summed E-state index contributed by atoms with van der Waals surface area (Å²) >= 11 is -1.74. The standard InChI is InChI=1S/C24H20NP2.2CH3.Ga/c1-5-13-21(14-6-1)26(22-15-7-2-8-16-22)25-27(23-17-9-3-10-18-23)24-19-11-4-12-20-24;;;/h1-20H;2*1H3;/q-1;;;+1. The third kappa shape index (κ3) is 4.97. The summed E-state index contributed by atoms with van der Waals surface area (Å²) in [5.74, 6) is 0. The molecule has 0 N–H and O–H groups in total. The van der Waals surface area contributed by atoms with Gasteiger partial charge in [0.25, 0.3) is 0 Å². The van der Waals surface area contributed by atoms with Gasteiger partial charge in [0.2, 0.25) is 0 Å². The molecule has 0 atom stereocenters. The number of rotatable bonds is 7. The van der Waals surface area contributed by atoms with Crippen LogP contribution in [0.15, 0.2) is 121 Å². The molecule has 0 radical (unpaired) electrons. The van der Waals surface area contributed by atoms with Crippen molar-refractivity contribution in [1.29, 1.82) is 0 Å². The molecule has 30 heavy (non-hydrogen) atoms. The topological polar surface area (TPSA) is 3.24 Å². The van der Waals surface area contributed by atoms with Gasteiger partial charge < -0.3 is 0 Å². The van der Waals surface area contributed by atoms with Gasteiger partial charge in [-0.1, -0.05) is 0 Å². The third-order valence-electron chi connectivity index (χ3n) is 4.87. The summed E-state index contributed by atoms with van der Waals surface area (Å²) in [7, 11) is -1.19. The first-order valence-electron chi connectivity index (χ1n) is 10.4. The van der Waals surface area contributed by atoms with Crippen LogP contribution in [0, 0.1) is 0 Å². The van der Waals surface area contributed by atoms with Crippen LogP contribution in [0.25, 0.3) is 0 Å². The maximum atomic E-state index is 2.97. The Hall–Kier alpha value is -1.66. The van der Waals surface area contributed by atoms with Crippen molar-refractivity contribution < 1.29 is 0 Å². The van der Waals surface area contributed by atoms with Crippen molar-refractivity contribution in [2.45, 2.75) is 11.0 Å². The monoisotopic (exact) mass is 483 g/mol. The molecule has 1 nitrogen and oxygen atoms in total. The Bertz CT molecular complexity index is 866. The van der Waals surface area contributed by atoms with E-state index in [2.05, 4.69) is 135 Å². The zero-order valence-corrected chi connectivity index (χ0v) is 21.7. The van der Waals surface area contributed by atoms with Crippen LogP contribution in [0.5, 0.6) is 0 Å². The Morgan fingerprint density at radius 1 is 0.433 bits per heavy atom. The number of hydrogen-bond donors (Lipinski definition) is 0. The van der Waals surface area contributed by atoms with Gasteiger partial charge in [0.15, 0.2) is 0 Å². The van der Waals surface area contributed by atoms with E-state index in [9.17, 15) is 0 Å². The third-order valence-corrected chi connectivity index (χ3v) is 19.6. The van der Waals surface area contributed by atoms with Crippen LogP contribution in [-0.4, -0.2) is 19.6 Å². The van der Waals surface area contributed by atoms with Crippen molar-refractivity contribution in [2.24, 2.45) is 0 Å². The van der Waals surface area contributed by atoms with Gasteiger partial charge in [-0.3, -0.25) is 0 Å². The molecule has 0 aliphatic heterocycles. The van der Waals surface area contributed by atoms with Gasteiger partial charge in [0.05, 0.1) is 0 Å². The molecule has 0 aliphatic carbocycles. The first kappa shape index (κ1) is 21.6. The van der Waals surface area contributed by atoms with Crippen molar-refractivity contribution in [1.82, 2.24) is 3.15 Å². The van der Waals surface area contributed by atoms with E-state index in [4.69, 9.17) is 0 Å². The second kappa shape index (κ2) is 10.6. The zero-order chi connectivity index (χ0) is 20.8. The molecule has 0 aliphatic rings. The first-order chi connectivity index (χ1) is 14.8. The number of benzene rings is 4. The fourth-order valence-corrected chi connectivity index (χ4v) is 19.0. The zero-order valence-electron chi connectivity index (χ0n) is 17.5. The quantitative estimate of drug-likeness (QED) is 0.243. The molecule has 0 bridgehead atoms. The number of hydrogen-bond acceptors (Lipinski definition) is 1. The predicted octanol–water partition coefficient (Wildman–Crippen LogP) is 5.64. The van der Waals surface area contributed by atoms with E-state index in [1.165, 1.54) is 21.2 Å². The molecule has 4 rings (SSSR count). The normalized spacial score (nSPS) is 11.2. The van der Waals surface area contributed by atoms with E-state index in [1.54, 1.807) is 0 Å². The van der Waals surface area contributed by atoms with Crippen LogP contribution < -0.4 is 21.2 Å². The summed E-state index contributed by atoms with van der Waals surface area (Å²) in [4.78, 5) is 0. The van der Waals surface area contributed by atoms with Crippen LogP contribution in [0.1, 0.15) is 0 Å². The Kier molecular flexibility index (Phi) is 7.60. The van der Waals surface area contributed by atoms with E-state index in [1.807, 2.05) is 0 Å². The minimum atomic E-state index is -1.74. The van der Waals surface area contributed by atoms with Crippen molar-refractivity contribution in [3.05, 3.63) is 121 Å². The molecule has 0 amide bonds. The van der Waals surface area contributed by atoms with Gasteiger partial charge in [0, 0.05) is 0 Å². The van der Waals surface area contributed by atoms with Crippen LogP contribution in [0.2, 0.25) is 11.0 Å². The van der Waals surface area contributed by atoms with Crippen LogP contribution in [0.3, 0.4) is 0 Å². The maximum absolute atomic E-state index is 2.97. The van der Waals surface area contributed by atoms with Crippen LogP contribution >= 0.6 is 16.1 Å². The molecule has 0 saturated carbocycles. The molecule has 0 spiro atoms. The average Bonchev–Trinajstić information content (AvgIpc) is 2.81. The summed E-state index contributed by atoms with van der Waals surface area (Å²) in [6, 6.07) is 44.6. The van der Waals surface area contributed by atoms with E-state index in [0.29, 0.717) is 0 Å². The number of nitrogens with zero attached hydrogens (tertiary/aromatic N) is 1. The molecule has 4 aromatic carbocycles. The molecule has 0 unspecified atom stereocenters. The Labute approximate surface area is 188 Å². The Morgan fingerprint density at radius 3 is 0.867 bits per heavy atom. The summed E-state index contributed by atoms with van der Waals surface area (Å²) in [6.45, 7) is 0. The molecule has 0 aromatic heterocycles. The molecular weight excluding hydrogens is 458 g/mol. The Morgan fingerprint density at radius 2 is 0.667 bits per heavy atom. The van der Waals surface area contributed by atoms with Gasteiger partial charge in [-0.15, -0.1) is 0 Å². The summed E-state index contributed by atoms with van der Waals surface area (Å²) in [5, 5.41) is 5.77. The fraction of sp³-hybridized carbons (Fsp3) is 0.0769. The van der Waals surface area contributed by atoms with Crippen molar-refractivity contribution in [3.8, 4) is 0 Å². The molecule has 4 heteroatoms. The van der Waals surface area contributed by atoms with Crippen LogP contribution in [0.4, 0.5) is 0 Å². The van der Waals surface area contributed by atoms with Crippen LogP contribution in [-0.2, 0) is 0 Å². The fourth-order valence-electron chi connectivity index (χ4n) is 3.60. The molecule has 4 aromatic rings.